The van der Waals surface area contributed by atoms with Gasteiger partial charge in [0.05, 0.1) is 6.61 Å². The molecule has 2 rings (SSSR count). The van der Waals surface area contributed by atoms with E-state index in [1.807, 2.05) is 0 Å². The number of nitrogens with zero attached hydrogens (tertiary/aromatic N) is 1. The van der Waals surface area contributed by atoms with Crippen molar-refractivity contribution in [3.8, 4) is 0 Å². The van der Waals surface area contributed by atoms with E-state index < -0.39 is 0 Å². The third-order valence-electron chi connectivity index (χ3n) is 5.66. The zero-order chi connectivity index (χ0) is 20.4. The van der Waals surface area contributed by atoms with E-state index in [4.69, 9.17) is 9.47 Å². The number of carbonyl (C=O) groups is 3. The molecule has 0 aromatic heterocycles. The molecule has 160 valence electrons. The highest BCUT2D eigenvalue weighted by molar-refractivity contribution is 5.81. The van der Waals surface area contributed by atoms with Crippen LogP contribution in [0.5, 0.6) is 0 Å². The Labute approximate surface area is 167 Å². The van der Waals surface area contributed by atoms with Crippen LogP contribution in [0, 0.1) is 11.8 Å². The average Bonchev–Trinajstić information content (AvgIpc) is 2.72. The summed E-state index contributed by atoms with van der Waals surface area (Å²) in [5.41, 5.74) is 0. The van der Waals surface area contributed by atoms with Crippen LogP contribution in [-0.2, 0) is 19.1 Å². The molecule has 1 aliphatic carbocycles. The molecule has 28 heavy (non-hydrogen) atoms. The third kappa shape index (κ3) is 6.96. The number of rotatable bonds is 8. The SMILES string of the molecule is CCOC(=O)N1CCC(NC(=O)C2CCC(C(=O)NCCCOC)CC2)CC1. The number of methoxy groups -OCH3 is 1. The maximum absolute atomic E-state index is 12.6. The maximum atomic E-state index is 12.6. The van der Waals surface area contributed by atoms with Gasteiger partial charge < -0.3 is 25.0 Å². The molecule has 8 nitrogen and oxygen atoms in total. The predicted octanol–water partition coefficient (Wildman–Crippen LogP) is 1.68. The van der Waals surface area contributed by atoms with Crippen LogP contribution in [-0.4, -0.2) is 68.8 Å². The van der Waals surface area contributed by atoms with Crippen molar-refractivity contribution in [2.24, 2.45) is 11.8 Å². The molecule has 2 aliphatic rings. The third-order valence-corrected chi connectivity index (χ3v) is 5.66. The lowest BCUT2D eigenvalue weighted by Crippen LogP contribution is -2.48. The standard InChI is InChI=1S/C20H35N3O5/c1-3-28-20(26)23-12-9-17(10-13-23)22-19(25)16-7-5-15(6-8-16)18(24)21-11-4-14-27-2/h15-17H,3-14H2,1-2H3,(H,21,24)(H,22,25). The van der Waals surface area contributed by atoms with E-state index in [1.54, 1.807) is 18.9 Å². The molecule has 2 fully saturated rings. The second-order valence-electron chi connectivity index (χ2n) is 7.65. The Bertz CT molecular complexity index is 512. The lowest BCUT2D eigenvalue weighted by atomic mass is 9.81. The number of hydrogen-bond donors (Lipinski definition) is 2. The van der Waals surface area contributed by atoms with Gasteiger partial charge in [0.1, 0.15) is 0 Å². The Morgan fingerprint density at radius 3 is 2.14 bits per heavy atom. The number of ether oxygens (including phenoxy) is 2. The maximum Gasteiger partial charge on any atom is 0.409 e. The van der Waals surface area contributed by atoms with Gasteiger partial charge in [-0.1, -0.05) is 0 Å². The molecule has 1 saturated heterocycles. The van der Waals surface area contributed by atoms with Crippen molar-refractivity contribution in [2.75, 3.05) is 40.0 Å². The first-order valence-electron chi connectivity index (χ1n) is 10.5. The number of carbonyl (C=O) groups excluding carboxylic acids is 3. The Hall–Kier alpha value is -1.83. The topological polar surface area (TPSA) is 97.0 Å². The molecule has 1 heterocycles. The zero-order valence-corrected chi connectivity index (χ0v) is 17.2. The number of likely N-dealkylation sites (tertiary alicyclic amines) is 1. The largest absolute Gasteiger partial charge is 0.450 e. The van der Waals surface area contributed by atoms with Crippen molar-refractivity contribution in [2.45, 2.75) is 57.9 Å². The van der Waals surface area contributed by atoms with Crippen molar-refractivity contribution in [1.29, 1.82) is 0 Å². The van der Waals surface area contributed by atoms with Gasteiger partial charge in [-0.15, -0.1) is 0 Å². The van der Waals surface area contributed by atoms with Crippen molar-refractivity contribution < 1.29 is 23.9 Å². The quantitative estimate of drug-likeness (QED) is 0.608. The second-order valence-corrected chi connectivity index (χ2v) is 7.65. The van der Waals surface area contributed by atoms with Crippen molar-refractivity contribution in [1.82, 2.24) is 15.5 Å². The summed E-state index contributed by atoms with van der Waals surface area (Å²) in [6.07, 6.45) is 5.08. The molecule has 0 unspecified atom stereocenters. The van der Waals surface area contributed by atoms with E-state index in [1.165, 1.54) is 0 Å². The highest BCUT2D eigenvalue weighted by Crippen LogP contribution is 2.29. The number of amides is 3. The first kappa shape index (κ1) is 22.5. The summed E-state index contributed by atoms with van der Waals surface area (Å²) in [7, 11) is 1.65. The van der Waals surface area contributed by atoms with Crippen molar-refractivity contribution >= 4 is 17.9 Å². The lowest BCUT2D eigenvalue weighted by Gasteiger charge is -2.33. The normalized spacial score (nSPS) is 23.1. The fraction of sp³-hybridized carbons (Fsp3) is 0.850. The van der Waals surface area contributed by atoms with Crippen LogP contribution in [0.2, 0.25) is 0 Å². The highest BCUT2D eigenvalue weighted by Gasteiger charge is 2.31. The van der Waals surface area contributed by atoms with Gasteiger partial charge in [0.15, 0.2) is 0 Å². The fourth-order valence-corrected chi connectivity index (χ4v) is 3.93. The lowest BCUT2D eigenvalue weighted by molar-refractivity contribution is -0.131. The van der Waals surface area contributed by atoms with E-state index in [0.29, 0.717) is 32.8 Å². The first-order valence-corrected chi connectivity index (χ1v) is 10.5. The number of nitrogens with one attached hydrogen (secondary N) is 2. The minimum atomic E-state index is -0.272. The fourth-order valence-electron chi connectivity index (χ4n) is 3.93. The van der Waals surface area contributed by atoms with E-state index in [9.17, 15) is 14.4 Å². The summed E-state index contributed by atoms with van der Waals surface area (Å²) < 4.78 is 10.00. The number of piperidine rings is 1. The molecule has 3 amide bonds. The molecular weight excluding hydrogens is 362 g/mol. The van der Waals surface area contributed by atoms with Crippen LogP contribution in [0.4, 0.5) is 4.79 Å². The molecule has 0 bridgehead atoms. The van der Waals surface area contributed by atoms with Crippen LogP contribution in [0.3, 0.4) is 0 Å². The molecule has 0 spiro atoms. The molecule has 1 saturated carbocycles. The monoisotopic (exact) mass is 397 g/mol. The summed E-state index contributed by atoms with van der Waals surface area (Å²) in [6.45, 7) is 4.68. The Kier molecular flexibility index (Phi) is 9.54. The van der Waals surface area contributed by atoms with E-state index >= 15 is 0 Å². The van der Waals surface area contributed by atoms with E-state index in [0.717, 1.165) is 44.9 Å². The molecule has 0 atom stereocenters. The Balaban J connectivity index is 1.64. The molecular formula is C20H35N3O5. The molecule has 0 aromatic carbocycles. The summed E-state index contributed by atoms with van der Waals surface area (Å²) in [6, 6.07) is 0.111. The van der Waals surface area contributed by atoms with Crippen LogP contribution >= 0.6 is 0 Å². The average molecular weight is 398 g/mol. The van der Waals surface area contributed by atoms with Gasteiger partial charge in [-0.3, -0.25) is 9.59 Å². The highest BCUT2D eigenvalue weighted by atomic mass is 16.6. The van der Waals surface area contributed by atoms with Gasteiger partial charge >= 0.3 is 6.09 Å². The summed E-state index contributed by atoms with van der Waals surface area (Å²) in [5.74, 6) is 0.190. The summed E-state index contributed by atoms with van der Waals surface area (Å²) in [4.78, 5) is 38.2. The summed E-state index contributed by atoms with van der Waals surface area (Å²) >= 11 is 0. The van der Waals surface area contributed by atoms with Gasteiger partial charge in [0, 0.05) is 51.2 Å². The Morgan fingerprint density at radius 1 is 0.964 bits per heavy atom. The first-order chi connectivity index (χ1) is 13.5. The van der Waals surface area contributed by atoms with Gasteiger partial charge in [0.2, 0.25) is 11.8 Å². The van der Waals surface area contributed by atoms with Gasteiger partial charge in [-0.05, 0) is 51.9 Å². The van der Waals surface area contributed by atoms with Crippen molar-refractivity contribution in [3.63, 3.8) is 0 Å². The summed E-state index contributed by atoms with van der Waals surface area (Å²) in [5, 5.41) is 6.10. The minimum Gasteiger partial charge on any atom is -0.450 e. The van der Waals surface area contributed by atoms with Gasteiger partial charge in [-0.2, -0.15) is 0 Å². The Morgan fingerprint density at radius 2 is 1.57 bits per heavy atom. The number of hydrogen-bond acceptors (Lipinski definition) is 5. The van der Waals surface area contributed by atoms with Gasteiger partial charge in [0.25, 0.3) is 0 Å². The van der Waals surface area contributed by atoms with Crippen LogP contribution in [0.1, 0.15) is 51.9 Å². The van der Waals surface area contributed by atoms with Gasteiger partial charge in [-0.25, -0.2) is 4.79 Å². The predicted molar refractivity (Wildman–Crippen MR) is 105 cm³/mol. The van der Waals surface area contributed by atoms with Crippen LogP contribution in [0.15, 0.2) is 0 Å². The van der Waals surface area contributed by atoms with Crippen LogP contribution < -0.4 is 10.6 Å². The van der Waals surface area contributed by atoms with E-state index in [2.05, 4.69) is 10.6 Å². The van der Waals surface area contributed by atoms with E-state index in [-0.39, 0.29) is 35.8 Å². The molecule has 0 aromatic rings. The minimum absolute atomic E-state index is 0.0133. The zero-order valence-electron chi connectivity index (χ0n) is 17.2. The van der Waals surface area contributed by atoms with Crippen LogP contribution in [0.25, 0.3) is 0 Å². The molecule has 0 radical (unpaired) electrons. The second kappa shape index (κ2) is 11.9. The molecule has 8 heteroatoms. The van der Waals surface area contributed by atoms with Crippen molar-refractivity contribution in [3.05, 3.63) is 0 Å². The smallest absolute Gasteiger partial charge is 0.409 e. The molecule has 1 aliphatic heterocycles. The molecule has 2 N–H and O–H groups in total.